The summed E-state index contributed by atoms with van der Waals surface area (Å²) in [4.78, 5) is 0. The lowest BCUT2D eigenvalue weighted by atomic mass is 9.71. The highest BCUT2D eigenvalue weighted by Gasteiger charge is 2.29. The van der Waals surface area contributed by atoms with E-state index in [-0.39, 0.29) is 0 Å². The highest BCUT2D eigenvalue weighted by atomic mass is 14.9. The van der Waals surface area contributed by atoms with Crippen LogP contribution in [0.4, 0.5) is 0 Å². The molecule has 0 aromatic rings. The minimum absolute atomic E-state index is 0.840. The summed E-state index contributed by atoms with van der Waals surface area (Å²) in [6.07, 6.45) is 9.40. The first-order valence-electron chi connectivity index (χ1n) is 7.92. The average Bonchev–Trinajstić information content (AvgIpc) is 2.39. The van der Waals surface area contributed by atoms with Gasteiger partial charge in [-0.1, -0.05) is 33.1 Å². The molecule has 0 heterocycles. The lowest BCUT2D eigenvalue weighted by Gasteiger charge is -2.35. The zero-order valence-electron chi connectivity index (χ0n) is 12.6. The van der Waals surface area contributed by atoms with E-state index in [1.54, 1.807) is 0 Å². The minimum Gasteiger partial charge on any atom is -0.316 e. The Balaban J connectivity index is 2.44. The molecule has 1 nitrogen and oxygen atoms in total. The van der Waals surface area contributed by atoms with E-state index < -0.39 is 0 Å². The van der Waals surface area contributed by atoms with Gasteiger partial charge in [0.1, 0.15) is 0 Å². The van der Waals surface area contributed by atoms with E-state index in [4.69, 9.17) is 0 Å². The first kappa shape index (κ1) is 15.6. The van der Waals surface area contributed by atoms with E-state index in [0.717, 1.165) is 24.2 Å². The molecule has 104 valence electrons. The van der Waals surface area contributed by atoms with Crippen LogP contribution in [-0.2, 0) is 0 Å². The number of nitrogens with one attached hydrogen (secondary N) is 1. The van der Waals surface area contributed by atoms with Crippen molar-refractivity contribution < 1.29 is 0 Å². The maximum absolute atomic E-state index is 3.61. The normalized spacial score (nSPS) is 27.6. The third-order valence-corrected chi connectivity index (χ3v) is 4.32. The quantitative estimate of drug-likeness (QED) is 0.526. The van der Waals surface area contributed by atoms with Crippen LogP contribution in [0, 0.1) is 29.6 Å². The molecule has 0 aromatic carbocycles. The van der Waals surface area contributed by atoms with Gasteiger partial charge in [-0.3, -0.25) is 0 Å². The molecule has 1 fully saturated rings. The molecular weight excluding hydrogens is 218 g/mol. The van der Waals surface area contributed by atoms with Crippen LogP contribution in [0.1, 0.15) is 65.7 Å². The third kappa shape index (κ3) is 5.44. The zero-order valence-corrected chi connectivity index (χ0v) is 12.6. The second-order valence-electron chi connectivity index (χ2n) is 5.82. The molecule has 3 atom stereocenters. The van der Waals surface area contributed by atoms with Crippen molar-refractivity contribution in [3.63, 3.8) is 0 Å². The molecule has 3 unspecified atom stereocenters. The van der Waals surface area contributed by atoms with Crippen molar-refractivity contribution in [1.29, 1.82) is 0 Å². The summed E-state index contributed by atoms with van der Waals surface area (Å²) in [7, 11) is 0. The van der Waals surface area contributed by atoms with Gasteiger partial charge in [-0.05, 0) is 57.0 Å². The number of rotatable bonds is 7. The third-order valence-electron chi connectivity index (χ3n) is 4.32. The highest BCUT2D eigenvalue weighted by Crippen LogP contribution is 2.37. The van der Waals surface area contributed by atoms with E-state index in [2.05, 4.69) is 31.0 Å². The molecule has 0 spiro atoms. The van der Waals surface area contributed by atoms with E-state index in [0.29, 0.717) is 0 Å². The average molecular weight is 249 g/mol. The fraction of sp³-hybridized carbons (Fsp3) is 0.882. The van der Waals surface area contributed by atoms with Gasteiger partial charge in [-0.2, -0.15) is 0 Å². The summed E-state index contributed by atoms with van der Waals surface area (Å²) >= 11 is 0. The Kier molecular flexibility index (Phi) is 8.18. The second kappa shape index (κ2) is 9.45. The van der Waals surface area contributed by atoms with Gasteiger partial charge < -0.3 is 5.32 Å². The molecule has 0 aromatic heterocycles. The molecule has 0 aliphatic heterocycles. The largest absolute Gasteiger partial charge is 0.316 e. The van der Waals surface area contributed by atoms with Gasteiger partial charge in [0.2, 0.25) is 0 Å². The molecule has 0 bridgehead atoms. The van der Waals surface area contributed by atoms with Crippen molar-refractivity contribution in [2.45, 2.75) is 65.7 Å². The van der Waals surface area contributed by atoms with Gasteiger partial charge in [0, 0.05) is 6.42 Å². The summed E-state index contributed by atoms with van der Waals surface area (Å²) in [5.74, 6) is 9.08. The Labute approximate surface area is 114 Å². The monoisotopic (exact) mass is 249 g/mol. The van der Waals surface area contributed by atoms with E-state index >= 15 is 0 Å². The van der Waals surface area contributed by atoms with Crippen LogP contribution in [-0.4, -0.2) is 13.1 Å². The first-order chi connectivity index (χ1) is 8.81. The van der Waals surface area contributed by atoms with Crippen LogP contribution in [0.5, 0.6) is 0 Å². The maximum atomic E-state index is 3.61. The summed E-state index contributed by atoms with van der Waals surface area (Å²) in [6.45, 7) is 8.90. The Morgan fingerprint density at radius 3 is 2.61 bits per heavy atom. The van der Waals surface area contributed by atoms with Crippen molar-refractivity contribution in [1.82, 2.24) is 5.32 Å². The molecule has 0 amide bonds. The van der Waals surface area contributed by atoms with Gasteiger partial charge in [0.15, 0.2) is 0 Å². The predicted molar refractivity (Wildman–Crippen MR) is 80.5 cm³/mol. The standard InChI is InChI=1S/C17H31N/c1-4-7-9-16-13-15(8-5-2)10-11-17(16)14-18-12-6-3/h15-18H,5-6,8-14H2,1-3H3. The van der Waals surface area contributed by atoms with Crippen molar-refractivity contribution in [2.24, 2.45) is 17.8 Å². The molecular formula is C17H31N. The van der Waals surface area contributed by atoms with Crippen LogP contribution in [0.25, 0.3) is 0 Å². The van der Waals surface area contributed by atoms with Gasteiger partial charge >= 0.3 is 0 Å². The Hall–Kier alpha value is -0.480. The van der Waals surface area contributed by atoms with Crippen molar-refractivity contribution in [3.8, 4) is 11.8 Å². The van der Waals surface area contributed by atoms with Crippen molar-refractivity contribution in [2.75, 3.05) is 13.1 Å². The van der Waals surface area contributed by atoms with Gasteiger partial charge in [-0.15, -0.1) is 11.8 Å². The van der Waals surface area contributed by atoms with E-state index in [1.807, 2.05) is 6.92 Å². The molecule has 0 radical (unpaired) electrons. The molecule has 1 saturated carbocycles. The van der Waals surface area contributed by atoms with Crippen LogP contribution in [0.3, 0.4) is 0 Å². The molecule has 18 heavy (non-hydrogen) atoms. The summed E-state index contributed by atoms with van der Waals surface area (Å²) in [6, 6.07) is 0. The zero-order chi connectivity index (χ0) is 13.2. The van der Waals surface area contributed by atoms with Crippen molar-refractivity contribution >= 4 is 0 Å². The Morgan fingerprint density at radius 2 is 1.94 bits per heavy atom. The molecule has 0 saturated heterocycles. The second-order valence-corrected chi connectivity index (χ2v) is 5.82. The van der Waals surface area contributed by atoms with Crippen LogP contribution < -0.4 is 5.32 Å². The first-order valence-corrected chi connectivity index (χ1v) is 7.92. The Morgan fingerprint density at radius 1 is 1.11 bits per heavy atom. The topological polar surface area (TPSA) is 12.0 Å². The summed E-state index contributed by atoms with van der Waals surface area (Å²) in [5.41, 5.74) is 0. The van der Waals surface area contributed by atoms with Gasteiger partial charge in [0.25, 0.3) is 0 Å². The van der Waals surface area contributed by atoms with Gasteiger partial charge in [-0.25, -0.2) is 0 Å². The van der Waals surface area contributed by atoms with Crippen LogP contribution in [0.15, 0.2) is 0 Å². The van der Waals surface area contributed by atoms with Crippen LogP contribution in [0.2, 0.25) is 0 Å². The van der Waals surface area contributed by atoms with Gasteiger partial charge in [0.05, 0.1) is 0 Å². The molecule has 1 N–H and O–H groups in total. The number of hydrogen-bond donors (Lipinski definition) is 1. The Bertz CT molecular complexity index is 261. The fourth-order valence-electron chi connectivity index (χ4n) is 3.31. The maximum Gasteiger partial charge on any atom is 0.0120 e. The van der Waals surface area contributed by atoms with Crippen molar-refractivity contribution in [3.05, 3.63) is 0 Å². The fourth-order valence-corrected chi connectivity index (χ4v) is 3.31. The summed E-state index contributed by atoms with van der Waals surface area (Å²) < 4.78 is 0. The predicted octanol–water partition coefficient (Wildman–Crippen LogP) is 4.23. The van der Waals surface area contributed by atoms with E-state index in [9.17, 15) is 0 Å². The number of hydrogen-bond acceptors (Lipinski definition) is 1. The smallest absolute Gasteiger partial charge is 0.0120 e. The lowest BCUT2D eigenvalue weighted by Crippen LogP contribution is -2.33. The van der Waals surface area contributed by atoms with E-state index in [1.165, 1.54) is 51.6 Å². The molecule has 1 rings (SSSR count). The molecule has 1 aliphatic carbocycles. The SMILES string of the molecule is CC#CCC1CC(CCC)CCC1CNCCC. The lowest BCUT2D eigenvalue weighted by molar-refractivity contribution is 0.171. The molecule has 1 heteroatoms. The summed E-state index contributed by atoms with van der Waals surface area (Å²) in [5, 5.41) is 3.61. The van der Waals surface area contributed by atoms with Crippen LogP contribution >= 0.6 is 0 Å². The molecule has 1 aliphatic rings. The minimum atomic E-state index is 0.840. The highest BCUT2D eigenvalue weighted by molar-refractivity contribution is 4.98.